The molecule has 3 heteroatoms. The molecule has 0 aromatic rings. The van der Waals surface area contributed by atoms with Crippen molar-refractivity contribution >= 4 is 44.3 Å². The van der Waals surface area contributed by atoms with Crippen LogP contribution in [0.25, 0.3) is 0 Å². The second-order valence-corrected chi connectivity index (χ2v) is 1.14. The third-order valence-corrected chi connectivity index (χ3v) is 0.558. The summed E-state index contributed by atoms with van der Waals surface area (Å²) >= 11 is 0. The van der Waals surface area contributed by atoms with Crippen molar-refractivity contribution in [3.8, 4) is 0 Å². The van der Waals surface area contributed by atoms with Crippen LogP contribution in [0.4, 0.5) is 0 Å². The minimum absolute atomic E-state index is 0. The number of hydrogen-bond donors (Lipinski definition) is 1. The summed E-state index contributed by atoms with van der Waals surface area (Å²) in [7, 11) is 0. The average Bonchev–Trinajstić information content (AvgIpc) is 1.41. The maximum absolute atomic E-state index is 5.14. The summed E-state index contributed by atoms with van der Waals surface area (Å²) in [6.07, 6.45) is 2.39. The Bertz CT molecular complexity index is 19.2. The van der Waals surface area contributed by atoms with Crippen LogP contribution in [0.1, 0.15) is 19.8 Å². The van der Waals surface area contributed by atoms with E-state index < -0.39 is 0 Å². The zero-order chi connectivity index (χ0) is 4.12. The van der Waals surface area contributed by atoms with Crippen molar-refractivity contribution in [2.24, 2.45) is 5.73 Å². The van der Waals surface area contributed by atoms with Gasteiger partial charge in [0.25, 0.3) is 0 Å². The normalized spacial score (nSPS) is 6.00. The number of nitrogens with two attached hydrogens (primary N) is 1. The summed E-state index contributed by atoms with van der Waals surface area (Å²) in [5.41, 5.74) is 5.14. The molecule has 0 bridgehead atoms. The number of rotatable bonds is 2. The standard InChI is InChI=1S/C4H11N.BrH.Pb.2H/c1-2-3-4-5;;;;/h2-5H2,1H3;1H;;;. The molecule has 0 rings (SSSR count). The summed E-state index contributed by atoms with van der Waals surface area (Å²) in [4.78, 5) is 0. The Hall–Kier alpha value is 1.36. The van der Waals surface area contributed by atoms with Gasteiger partial charge >= 0.3 is 27.3 Å². The van der Waals surface area contributed by atoms with Crippen LogP contribution < -0.4 is 5.73 Å². The van der Waals surface area contributed by atoms with Crippen molar-refractivity contribution in [1.29, 1.82) is 0 Å². The summed E-state index contributed by atoms with van der Waals surface area (Å²) in [5, 5.41) is 0. The van der Waals surface area contributed by atoms with E-state index in [1.807, 2.05) is 0 Å². The third-order valence-electron chi connectivity index (χ3n) is 0.558. The van der Waals surface area contributed by atoms with Gasteiger partial charge in [-0.2, -0.15) is 0 Å². The fourth-order valence-electron chi connectivity index (χ4n) is 0.204. The van der Waals surface area contributed by atoms with Gasteiger partial charge in [0.1, 0.15) is 0 Å². The Kier molecular flexibility index (Phi) is 35.3. The third kappa shape index (κ3) is 18.7. The van der Waals surface area contributed by atoms with Gasteiger partial charge in [-0.05, 0) is 13.0 Å². The summed E-state index contributed by atoms with van der Waals surface area (Å²) in [5.74, 6) is 0. The molecule has 0 heterocycles. The van der Waals surface area contributed by atoms with Gasteiger partial charge in [0.05, 0.1) is 0 Å². The maximum atomic E-state index is 5.14. The molecule has 0 spiro atoms. The molecule has 1 nitrogen and oxygen atoms in total. The topological polar surface area (TPSA) is 26.0 Å². The van der Waals surface area contributed by atoms with Crippen molar-refractivity contribution in [3.05, 3.63) is 0 Å². The van der Waals surface area contributed by atoms with E-state index in [1.165, 1.54) is 12.8 Å². The monoisotopic (exact) mass is 363 g/mol. The first kappa shape index (κ1) is 15.8. The molecule has 0 unspecified atom stereocenters. The molecular weight excluding hydrogens is 349 g/mol. The molecule has 0 aromatic heterocycles. The van der Waals surface area contributed by atoms with E-state index in [1.54, 1.807) is 0 Å². The molecule has 0 aliphatic heterocycles. The van der Waals surface area contributed by atoms with E-state index in [0.717, 1.165) is 6.54 Å². The Morgan fingerprint density at radius 3 is 1.86 bits per heavy atom. The SMILES string of the molecule is Br.CCCCN.[PbH2]. The quantitative estimate of drug-likeness (QED) is 0.707. The molecule has 0 fully saturated rings. The zero-order valence-electron chi connectivity index (χ0n) is 4.81. The van der Waals surface area contributed by atoms with Crippen LogP contribution in [0.3, 0.4) is 0 Å². The van der Waals surface area contributed by atoms with E-state index in [0.29, 0.717) is 0 Å². The van der Waals surface area contributed by atoms with E-state index >= 15 is 0 Å². The van der Waals surface area contributed by atoms with Crippen LogP contribution in [-0.4, -0.2) is 33.8 Å². The minimum atomic E-state index is 0. The van der Waals surface area contributed by atoms with Crippen LogP contribution in [0.15, 0.2) is 0 Å². The van der Waals surface area contributed by atoms with Gasteiger partial charge in [-0.25, -0.2) is 0 Å². The molecule has 46 valence electrons. The number of unbranched alkanes of at least 4 members (excludes halogenated alkanes) is 1. The van der Waals surface area contributed by atoms with E-state index in [4.69, 9.17) is 5.73 Å². The molecule has 7 heavy (non-hydrogen) atoms. The van der Waals surface area contributed by atoms with Crippen molar-refractivity contribution in [3.63, 3.8) is 0 Å². The Labute approximate surface area is 76.0 Å². The van der Waals surface area contributed by atoms with Gasteiger partial charge in [0, 0.05) is 0 Å². The van der Waals surface area contributed by atoms with Gasteiger partial charge in [-0.3, -0.25) is 0 Å². The van der Waals surface area contributed by atoms with Crippen LogP contribution in [0.5, 0.6) is 0 Å². The first-order valence-corrected chi connectivity index (χ1v) is 2.12. The first-order valence-electron chi connectivity index (χ1n) is 2.12. The summed E-state index contributed by atoms with van der Waals surface area (Å²) in [6, 6.07) is 0. The second-order valence-electron chi connectivity index (χ2n) is 1.14. The molecule has 0 aliphatic rings. The predicted octanol–water partition coefficient (Wildman–Crippen LogP) is 0.407. The fraction of sp³-hybridized carbons (Fsp3) is 1.00. The number of halogens is 1. The average molecular weight is 363 g/mol. The molecule has 0 saturated carbocycles. The molecule has 0 aliphatic carbocycles. The second kappa shape index (κ2) is 15.7. The van der Waals surface area contributed by atoms with Gasteiger partial charge in [0.2, 0.25) is 0 Å². The Balaban J connectivity index is -0.0000000800. The van der Waals surface area contributed by atoms with Gasteiger partial charge in [0.15, 0.2) is 0 Å². The zero-order valence-corrected chi connectivity index (χ0v) is 12.0. The van der Waals surface area contributed by atoms with E-state index in [-0.39, 0.29) is 44.3 Å². The van der Waals surface area contributed by atoms with Crippen molar-refractivity contribution < 1.29 is 0 Å². The first-order chi connectivity index (χ1) is 2.41. The summed E-state index contributed by atoms with van der Waals surface area (Å²) in [6.45, 7) is 2.98. The Morgan fingerprint density at radius 1 is 1.43 bits per heavy atom. The van der Waals surface area contributed by atoms with Gasteiger partial charge in [-0.1, -0.05) is 13.3 Å². The van der Waals surface area contributed by atoms with Crippen molar-refractivity contribution in [2.45, 2.75) is 19.8 Å². The van der Waals surface area contributed by atoms with E-state index in [2.05, 4.69) is 6.92 Å². The van der Waals surface area contributed by atoms with Crippen LogP contribution >= 0.6 is 17.0 Å². The molecular formula is C4H14BrNPb. The van der Waals surface area contributed by atoms with E-state index in [9.17, 15) is 0 Å². The van der Waals surface area contributed by atoms with Crippen LogP contribution in [0.2, 0.25) is 0 Å². The fourth-order valence-corrected chi connectivity index (χ4v) is 0.204. The molecule has 2 radical (unpaired) electrons. The van der Waals surface area contributed by atoms with Crippen molar-refractivity contribution in [1.82, 2.24) is 0 Å². The molecule has 0 atom stereocenters. The Morgan fingerprint density at radius 2 is 1.86 bits per heavy atom. The number of hydrogen-bond acceptors (Lipinski definition) is 1. The van der Waals surface area contributed by atoms with Crippen molar-refractivity contribution in [2.75, 3.05) is 6.54 Å². The molecule has 0 amide bonds. The molecule has 2 N–H and O–H groups in total. The van der Waals surface area contributed by atoms with Crippen LogP contribution in [-0.2, 0) is 0 Å². The van der Waals surface area contributed by atoms with Gasteiger partial charge in [-0.15, -0.1) is 17.0 Å². The molecule has 0 aromatic carbocycles. The molecule has 0 saturated heterocycles. The predicted molar refractivity (Wildman–Crippen MR) is 42.8 cm³/mol. The van der Waals surface area contributed by atoms with Gasteiger partial charge < -0.3 is 5.73 Å². The summed E-state index contributed by atoms with van der Waals surface area (Å²) < 4.78 is 0. The van der Waals surface area contributed by atoms with Crippen LogP contribution in [0, 0.1) is 0 Å².